The van der Waals surface area contributed by atoms with Crippen LogP contribution < -0.4 is 11.1 Å². The van der Waals surface area contributed by atoms with Crippen molar-refractivity contribution < 1.29 is 4.79 Å². The van der Waals surface area contributed by atoms with Gasteiger partial charge in [0.2, 0.25) is 5.91 Å². The van der Waals surface area contributed by atoms with Crippen molar-refractivity contribution >= 4 is 29.0 Å². The van der Waals surface area contributed by atoms with Crippen LogP contribution in [0, 0.1) is 6.92 Å². The fourth-order valence-electron chi connectivity index (χ4n) is 2.32. The molecule has 0 unspecified atom stereocenters. The molecule has 0 bridgehead atoms. The van der Waals surface area contributed by atoms with E-state index in [0.29, 0.717) is 12.1 Å². The fourth-order valence-corrected chi connectivity index (χ4v) is 3.34. The maximum atomic E-state index is 11.4. The molecule has 0 saturated carbocycles. The molecule has 1 aliphatic rings. The highest BCUT2D eigenvalue weighted by Gasteiger charge is 2.17. The Morgan fingerprint density at radius 1 is 1.20 bits per heavy atom. The molecule has 3 rings (SSSR count). The third-order valence-corrected chi connectivity index (χ3v) is 4.41. The molecule has 20 heavy (non-hydrogen) atoms. The largest absolute Gasteiger partial charge is 0.398 e. The lowest BCUT2D eigenvalue weighted by Crippen LogP contribution is -2.19. The highest BCUT2D eigenvalue weighted by molar-refractivity contribution is 7.99. The number of amides is 1. The number of nitrogens with one attached hydrogen (secondary N) is 1. The van der Waals surface area contributed by atoms with Crippen LogP contribution in [0.2, 0.25) is 0 Å². The number of hydrogen-bond donors (Lipinski definition) is 2. The SMILES string of the molecule is Cc1cccc(Sc2cc3c(cc2N)NC(=O)CC3)c1. The zero-order chi connectivity index (χ0) is 14.1. The van der Waals surface area contributed by atoms with Gasteiger partial charge in [-0.05, 0) is 43.2 Å². The molecule has 2 aromatic carbocycles. The lowest BCUT2D eigenvalue weighted by molar-refractivity contribution is -0.116. The molecule has 2 aromatic rings. The van der Waals surface area contributed by atoms with Gasteiger partial charge in [-0.2, -0.15) is 0 Å². The predicted molar refractivity (Wildman–Crippen MR) is 83.1 cm³/mol. The maximum Gasteiger partial charge on any atom is 0.224 e. The molecule has 102 valence electrons. The quantitative estimate of drug-likeness (QED) is 0.828. The van der Waals surface area contributed by atoms with E-state index >= 15 is 0 Å². The van der Waals surface area contributed by atoms with Crippen molar-refractivity contribution in [1.82, 2.24) is 0 Å². The van der Waals surface area contributed by atoms with Gasteiger partial charge in [0.1, 0.15) is 0 Å². The Kier molecular flexibility index (Phi) is 3.40. The second-order valence-electron chi connectivity index (χ2n) is 5.01. The van der Waals surface area contributed by atoms with Crippen LogP contribution >= 0.6 is 11.8 Å². The smallest absolute Gasteiger partial charge is 0.224 e. The number of nitrogens with two attached hydrogens (primary N) is 1. The van der Waals surface area contributed by atoms with E-state index in [4.69, 9.17) is 5.73 Å². The Morgan fingerprint density at radius 2 is 2.05 bits per heavy atom. The summed E-state index contributed by atoms with van der Waals surface area (Å²) in [6.45, 7) is 2.08. The molecule has 3 nitrogen and oxygen atoms in total. The number of carbonyl (C=O) groups excluding carboxylic acids is 1. The van der Waals surface area contributed by atoms with E-state index in [1.54, 1.807) is 11.8 Å². The average molecular weight is 284 g/mol. The van der Waals surface area contributed by atoms with Gasteiger partial charge >= 0.3 is 0 Å². The van der Waals surface area contributed by atoms with Gasteiger partial charge in [-0.25, -0.2) is 0 Å². The van der Waals surface area contributed by atoms with Gasteiger partial charge < -0.3 is 11.1 Å². The van der Waals surface area contributed by atoms with Gasteiger partial charge in [-0.1, -0.05) is 29.5 Å². The van der Waals surface area contributed by atoms with Gasteiger partial charge in [-0.3, -0.25) is 4.79 Å². The lowest BCUT2D eigenvalue weighted by Gasteiger charge is -2.19. The summed E-state index contributed by atoms with van der Waals surface area (Å²) in [6.07, 6.45) is 1.33. The Hall–Kier alpha value is -1.94. The molecule has 1 heterocycles. The fraction of sp³-hybridized carbons (Fsp3) is 0.188. The summed E-state index contributed by atoms with van der Waals surface area (Å²) in [6, 6.07) is 12.3. The summed E-state index contributed by atoms with van der Waals surface area (Å²) in [5.41, 5.74) is 10.1. The first-order valence-electron chi connectivity index (χ1n) is 6.58. The van der Waals surface area contributed by atoms with E-state index < -0.39 is 0 Å². The topological polar surface area (TPSA) is 55.1 Å². The number of rotatable bonds is 2. The van der Waals surface area contributed by atoms with Crippen LogP contribution in [0.3, 0.4) is 0 Å². The second-order valence-corrected chi connectivity index (χ2v) is 6.13. The minimum atomic E-state index is 0.0657. The predicted octanol–water partition coefficient (Wildman–Crippen LogP) is 3.61. The van der Waals surface area contributed by atoms with Crippen molar-refractivity contribution in [1.29, 1.82) is 0 Å². The Balaban J connectivity index is 1.92. The van der Waals surface area contributed by atoms with Crippen LogP contribution in [0.4, 0.5) is 11.4 Å². The highest BCUT2D eigenvalue weighted by atomic mass is 32.2. The van der Waals surface area contributed by atoms with E-state index in [9.17, 15) is 4.79 Å². The summed E-state index contributed by atoms with van der Waals surface area (Å²) < 4.78 is 0. The molecule has 1 aliphatic heterocycles. The van der Waals surface area contributed by atoms with Crippen molar-refractivity contribution in [3.63, 3.8) is 0 Å². The number of hydrogen-bond acceptors (Lipinski definition) is 3. The summed E-state index contributed by atoms with van der Waals surface area (Å²) in [7, 11) is 0. The molecule has 0 saturated heterocycles. The number of aryl methyl sites for hydroxylation is 2. The van der Waals surface area contributed by atoms with Crippen LogP contribution in [-0.2, 0) is 11.2 Å². The molecule has 3 N–H and O–H groups in total. The first-order chi connectivity index (χ1) is 9.61. The number of carbonyl (C=O) groups is 1. The Labute approximate surface area is 122 Å². The van der Waals surface area contributed by atoms with Crippen LogP contribution in [0.25, 0.3) is 0 Å². The van der Waals surface area contributed by atoms with E-state index in [0.717, 1.165) is 22.6 Å². The van der Waals surface area contributed by atoms with E-state index in [1.165, 1.54) is 10.5 Å². The molecule has 0 spiro atoms. The van der Waals surface area contributed by atoms with Gasteiger partial charge in [0.05, 0.1) is 0 Å². The first kappa shape index (κ1) is 13.1. The van der Waals surface area contributed by atoms with E-state index in [2.05, 4.69) is 36.5 Å². The summed E-state index contributed by atoms with van der Waals surface area (Å²) in [5.74, 6) is 0.0657. The monoisotopic (exact) mass is 284 g/mol. The molecule has 4 heteroatoms. The summed E-state index contributed by atoms with van der Waals surface area (Å²) >= 11 is 1.66. The lowest BCUT2D eigenvalue weighted by atomic mass is 10.0. The summed E-state index contributed by atoms with van der Waals surface area (Å²) in [5, 5.41) is 2.87. The molecule has 1 amide bonds. The molecule has 0 radical (unpaired) electrons. The third kappa shape index (κ3) is 2.65. The normalized spacial score (nSPS) is 13.8. The zero-order valence-electron chi connectivity index (χ0n) is 11.3. The Bertz CT molecular complexity index is 682. The van der Waals surface area contributed by atoms with Gasteiger partial charge in [0, 0.05) is 27.6 Å². The molecule has 0 aromatic heterocycles. The van der Waals surface area contributed by atoms with E-state index in [1.807, 2.05) is 12.1 Å². The Morgan fingerprint density at radius 3 is 2.85 bits per heavy atom. The maximum absolute atomic E-state index is 11.4. The van der Waals surface area contributed by atoms with Gasteiger partial charge in [0.15, 0.2) is 0 Å². The highest BCUT2D eigenvalue weighted by Crippen LogP contribution is 2.37. The number of benzene rings is 2. The van der Waals surface area contributed by atoms with Crippen LogP contribution in [0.1, 0.15) is 17.5 Å². The van der Waals surface area contributed by atoms with Crippen LogP contribution in [0.5, 0.6) is 0 Å². The van der Waals surface area contributed by atoms with Crippen LogP contribution in [-0.4, -0.2) is 5.91 Å². The molecular weight excluding hydrogens is 268 g/mol. The van der Waals surface area contributed by atoms with Crippen molar-refractivity contribution in [3.8, 4) is 0 Å². The molecule has 0 atom stereocenters. The molecule has 0 aliphatic carbocycles. The molecule has 0 fully saturated rings. The summed E-state index contributed by atoms with van der Waals surface area (Å²) in [4.78, 5) is 13.6. The minimum absolute atomic E-state index is 0.0657. The van der Waals surface area contributed by atoms with Gasteiger partial charge in [-0.15, -0.1) is 0 Å². The third-order valence-electron chi connectivity index (χ3n) is 3.35. The van der Waals surface area contributed by atoms with Gasteiger partial charge in [0.25, 0.3) is 0 Å². The zero-order valence-corrected chi connectivity index (χ0v) is 12.1. The van der Waals surface area contributed by atoms with Crippen LogP contribution in [0.15, 0.2) is 46.2 Å². The van der Waals surface area contributed by atoms with Crippen molar-refractivity contribution in [3.05, 3.63) is 47.5 Å². The van der Waals surface area contributed by atoms with E-state index in [-0.39, 0.29) is 5.91 Å². The van der Waals surface area contributed by atoms with Crippen molar-refractivity contribution in [2.24, 2.45) is 0 Å². The number of nitrogen functional groups attached to an aromatic ring is 1. The standard InChI is InChI=1S/C16H16N2OS/c1-10-3-2-4-12(7-10)20-15-8-11-5-6-16(19)18-14(11)9-13(15)17/h2-4,7-9H,5-6,17H2,1H3,(H,18,19). The second kappa shape index (κ2) is 5.21. The van der Waals surface area contributed by atoms with Crippen molar-refractivity contribution in [2.75, 3.05) is 11.1 Å². The molecular formula is C16H16N2OS. The van der Waals surface area contributed by atoms with Crippen molar-refractivity contribution in [2.45, 2.75) is 29.6 Å². The number of fused-ring (bicyclic) bond motifs is 1. The number of anilines is 2. The minimum Gasteiger partial charge on any atom is -0.398 e. The first-order valence-corrected chi connectivity index (χ1v) is 7.40. The average Bonchev–Trinajstić information content (AvgIpc) is 2.40.